The molecule has 1 saturated heterocycles. The Kier molecular flexibility index (Phi) is 7.34. The lowest BCUT2D eigenvalue weighted by atomic mass is 10.0. The van der Waals surface area contributed by atoms with E-state index in [1.165, 1.54) is 15.9 Å². The number of nitrogen functional groups attached to an aromatic ring is 1. The van der Waals surface area contributed by atoms with Crippen LogP contribution in [0.2, 0.25) is 0 Å². The number of hydrogen-bond acceptors (Lipinski definition) is 9. The van der Waals surface area contributed by atoms with E-state index in [1.807, 2.05) is 30.3 Å². The molecule has 2 N–H and O–H groups in total. The molecule has 2 aromatic carbocycles. The number of carbonyl (C=O) groups excluding carboxylic acids is 2. The third-order valence-corrected chi connectivity index (χ3v) is 6.32. The largest absolute Gasteiger partial charge is 0.491 e. The highest BCUT2D eigenvalue weighted by Gasteiger charge is 2.43. The first-order chi connectivity index (χ1) is 19.1. The van der Waals surface area contributed by atoms with Gasteiger partial charge in [0, 0.05) is 18.7 Å². The first-order valence-electron chi connectivity index (χ1n) is 12.1. The van der Waals surface area contributed by atoms with Gasteiger partial charge in [0.15, 0.2) is 5.65 Å². The molecule has 0 amide bonds. The molecule has 4 aromatic rings. The summed E-state index contributed by atoms with van der Waals surface area (Å²) in [7, 11) is 0. The van der Waals surface area contributed by atoms with Gasteiger partial charge in [-0.2, -0.15) is 18.3 Å². The topological polar surface area (TPSA) is 125 Å². The fourth-order valence-electron chi connectivity index (χ4n) is 4.48. The normalized spacial score (nSPS) is 18.0. The van der Waals surface area contributed by atoms with E-state index in [9.17, 15) is 22.8 Å². The zero-order valence-corrected chi connectivity index (χ0v) is 20.7. The van der Waals surface area contributed by atoms with Crippen LogP contribution < -0.4 is 10.5 Å². The van der Waals surface area contributed by atoms with E-state index < -0.39 is 36.9 Å². The van der Waals surface area contributed by atoms with Crippen molar-refractivity contribution in [3.63, 3.8) is 0 Å². The van der Waals surface area contributed by atoms with Gasteiger partial charge < -0.3 is 15.2 Å². The number of esters is 2. The Morgan fingerprint density at radius 2 is 1.73 bits per heavy atom. The van der Waals surface area contributed by atoms with Gasteiger partial charge in [0.25, 0.3) is 0 Å². The van der Waals surface area contributed by atoms with E-state index in [2.05, 4.69) is 19.8 Å². The van der Waals surface area contributed by atoms with Gasteiger partial charge in [-0.15, -0.1) is 0 Å². The predicted molar refractivity (Wildman–Crippen MR) is 134 cm³/mol. The molecule has 1 aliphatic heterocycles. The minimum absolute atomic E-state index is 0.128. The first kappa shape index (κ1) is 27.0. The fraction of sp³-hybridized carbons (Fsp3) is 0.269. The minimum Gasteiger partial charge on any atom is -0.457 e. The summed E-state index contributed by atoms with van der Waals surface area (Å²) < 4.78 is 63.5. The highest BCUT2D eigenvalue weighted by atomic mass is 19.4. The summed E-state index contributed by atoms with van der Waals surface area (Å²) in [6, 6.07) is 15.5. The molecule has 2 aromatic heterocycles. The number of nitrogens with zero attached hydrogens (tertiary/aromatic N) is 5. The van der Waals surface area contributed by atoms with Gasteiger partial charge >= 0.3 is 18.1 Å². The van der Waals surface area contributed by atoms with Crippen LogP contribution in [0.4, 0.5) is 23.4 Å². The standard InChI is InChI=1S/C26H22F4N6O4/c27-18-12-35(13-20(37)40-25(38)26(28,29)30)11-10-19(18)36-24-21(23(31)32-14-33-24)22(34-36)15-6-8-17(9-7-15)39-16-4-2-1-3-5-16/h1-9,14,18-19H,10-13H2,(H2,31,32,33). The van der Waals surface area contributed by atoms with Crippen molar-refractivity contribution in [1.29, 1.82) is 0 Å². The summed E-state index contributed by atoms with van der Waals surface area (Å²) in [4.78, 5) is 32.3. The minimum atomic E-state index is -5.30. The van der Waals surface area contributed by atoms with Gasteiger partial charge in [0.05, 0.1) is 18.0 Å². The quantitative estimate of drug-likeness (QED) is 0.212. The molecule has 0 aliphatic carbocycles. The zero-order chi connectivity index (χ0) is 28.4. The van der Waals surface area contributed by atoms with E-state index in [0.29, 0.717) is 33.8 Å². The summed E-state index contributed by atoms with van der Waals surface area (Å²) in [5.74, 6) is -2.62. The van der Waals surface area contributed by atoms with Gasteiger partial charge in [-0.05, 0) is 42.8 Å². The predicted octanol–water partition coefficient (Wildman–Crippen LogP) is 4.08. The smallest absolute Gasteiger partial charge is 0.457 e. The zero-order valence-electron chi connectivity index (χ0n) is 20.7. The van der Waals surface area contributed by atoms with Crippen LogP contribution in [0.5, 0.6) is 11.5 Å². The molecule has 208 valence electrons. The Labute approximate surface area is 224 Å². The Balaban J connectivity index is 1.35. The number of hydrogen-bond donors (Lipinski definition) is 1. The summed E-state index contributed by atoms with van der Waals surface area (Å²) in [5, 5.41) is 5.07. The van der Waals surface area contributed by atoms with Gasteiger partial charge in [-0.25, -0.2) is 23.8 Å². The van der Waals surface area contributed by atoms with Crippen LogP contribution in [0.15, 0.2) is 60.9 Å². The fourth-order valence-corrected chi connectivity index (χ4v) is 4.48. The number of benzene rings is 2. The van der Waals surface area contributed by atoms with Gasteiger partial charge in [0.1, 0.15) is 35.5 Å². The van der Waals surface area contributed by atoms with Gasteiger partial charge in [-0.3, -0.25) is 9.69 Å². The first-order valence-corrected chi connectivity index (χ1v) is 12.1. The molecule has 5 rings (SSSR count). The van der Waals surface area contributed by atoms with E-state index in [0.717, 1.165) is 0 Å². The third-order valence-electron chi connectivity index (χ3n) is 6.32. The van der Waals surface area contributed by atoms with Crippen LogP contribution in [-0.4, -0.2) is 68.6 Å². The van der Waals surface area contributed by atoms with Crippen LogP contribution in [0.1, 0.15) is 12.5 Å². The number of anilines is 1. The lowest BCUT2D eigenvalue weighted by molar-refractivity contribution is -0.202. The Hall–Kier alpha value is -4.59. The molecule has 10 nitrogen and oxygen atoms in total. The van der Waals surface area contributed by atoms with Crippen molar-refractivity contribution in [2.45, 2.75) is 24.8 Å². The SMILES string of the molecule is Nc1ncnc2c1c(-c1ccc(Oc3ccccc3)cc1)nn2C1CCN(CC(=O)OC(=O)C(F)(F)F)CC1F. The molecule has 1 aliphatic rings. The van der Waals surface area contributed by atoms with E-state index >= 15 is 4.39 Å². The lowest BCUT2D eigenvalue weighted by Gasteiger charge is -2.34. The van der Waals surface area contributed by atoms with Crippen molar-refractivity contribution in [3.8, 4) is 22.8 Å². The van der Waals surface area contributed by atoms with Gasteiger partial charge in [0.2, 0.25) is 0 Å². The molecule has 0 spiro atoms. The Bertz CT molecular complexity index is 1530. The molecule has 3 heterocycles. The van der Waals surface area contributed by atoms with Gasteiger partial charge in [-0.1, -0.05) is 18.2 Å². The van der Waals surface area contributed by atoms with Crippen molar-refractivity contribution in [1.82, 2.24) is 24.6 Å². The molecule has 1 fully saturated rings. The molecule has 2 atom stereocenters. The lowest BCUT2D eigenvalue weighted by Crippen LogP contribution is -2.45. The number of fused-ring (bicyclic) bond motifs is 1. The second-order valence-electron chi connectivity index (χ2n) is 9.06. The molecular formula is C26H22F4N6O4. The Morgan fingerprint density at radius 1 is 1.02 bits per heavy atom. The average Bonchev–Trinajstić information content (AvgIpc) is 3.30. The van der Waals surface area contributed by atoms with Crippen LogP contribution in [0.25, 0.3) is 22.3 Å². The summed E-state index contributed by atoms with van der Waals surface area (Å²) in [6.07, 6.45) is -5.49. The number of rotatable bonds is 6. The van der Waals surface area contributed by atoms with Crippen LogP contribution in [0, 0.1) is 0 Å². The molecule has 0 bridgehead atoms. The molecule has 2 unspecified atom stereocenters. The number of carbonyl (C=O) groups is 2. The van der Waals surface area contributed by atoms with E-state index in [-0.39, 0.29) is 25.3 Å². The summed E-state index contributed by atoms with van der Waals surface area (Å²) in [6.45, 7) is -0.849. The highest BCUT2D eigenvalue weighted by Crippen LogP contribution is 2.36. The number of nitrogens with two attached hydrogens (primary N) is 1. The molecule has 0 saturated carbocycles. The number of aromatic nitrogens is 4. The monoisotopic (exact) mass is 558 g/mol. The van der Waals surface area contributed by atoms with E-state index in [4.69, 9.17) is 10.5 Å². The second kappa shape index (κ2) is 10.9. The van der Waals surface area contributed by atoms with Crippen molar-refractivity contribution in [2.75, 3.05) is 25.4 Å². The highest BCUT2D eigenvalue weighted by molar-refractivity contribution is 5.98. The van der Waals surface area contributed by atoms with Crippen molar-refractivity contribution in [2.24, 2.45) is 0 Å². The van der Waals surface area contributed by atoms with Crippen LogP contribution in [-0.2, 0) is 14.3 Å². The van der Waals surface area contributed by atoms with Crippen LogP contribution >= 0.6 is 0 Å². The number of halogens is 4. The maximum atomic E-state index is 15.4. The maximum absolute atomic E-state index is 15.4. The maximum Gasteiger partial charge on any atom is 0.491 e. The number of likely N-dealkylation sites (tertiary alicyclic amines) is 1. The number of ether oxygens (including phenoxy) is 2. The molecule has 40 heavy (non-hydrogen) atoms. The second-order valence-corrected chi connectivity index (χ2v) is 9.06. The summed E-state index contributed by atoms with van der Waals surface area (Å²) >= 11 is 0. The number of alkyl halides is 4. The molecule has 0 radical (unpaired) electrons. The van der Waals surface area contributed by atoms with Crippen molar-refractivity contribution >= 4 is 28.8 Å². The van der Waals surface area contributed by atoms with Crippen molar-refractivity contribution < 1.29 is 36.6 Å². The molecular weight excluding hydrogens is 536 g/mol. The summed E-state index contributed by atoms with van der Waals surface area (Å²) in [5.41, 5.74) is 7.57. The third kappa shape index (κ3) is 5.71. The number of para-hydroxylation sites is 1. The molecule has 14 heteroatoms. The number of piperidine rings is 1. The van der Waals surface area contributed by atoms with Crippen molar-refractivity contribution in [3.05, 3.63) is 60.9 Å². The Morgan fingerprint density at radius 3 is 2.40 bits per heavy atom. The average molecular weight is 558 g/mol. The van der Waals surface area contributed by atoms with E-state index in [1.54, 1.807) is 24.3 Å². The van der Waals surface area contributed by atoms with Crippen LogP contribution in [0.3, 0.4) is 0 Å².